The van der Waals surface area contributed by atoms with Gasteiger partial charge in [-0.15, -0.1) is 0 Å². The van der Waals surface area contributed by atoms with Gasteiger partial charge in [0.2, 0.25) is 0 Å². The first-order valence-corrected chi connectivity index (χ1v) is 7.12. The third kappa shape index (κ3) is 5.04. The summed E-state index contributed by atoms with van der Waals surface area (Å²) in [6.45, 7) is 4.48. The molecule has 0 aliphatic heterocycles. The zero-order chi connectivity index (χ0) is 13.5. The Balaban J connectivity index is 1.62. The van der Waals surface area contributed by atoms with E-state index in [0.29, 0.717) is 12.6 Å². The van der Waals surface area contributed by atoms with Crippen LogP contribution >= 0.6 is 15.9 Å². The van der Waals surface area contributed by atoms with Gasteiger partial charge in [0.15, 0.2) is 0 Å². The molecule has 2 aromatic rings. The van der Waals surface area contributed by atoms with Crippen molar-refractivity contribution in [3.63, 3.8) is 0 Å². The third-order valence-electron chi connectivity index (χ3n) is 2.70. The topological polar surface area (TPSA) is 39.1 Å². The summed E-state index contributed by atoms with van der Waals surface area (Å²) in [5.74, 6) is 0.893. The number of hydrogen-bond donors (Lipinski definition) is 1. The molecule has 1 unspecified atom stereocenters. The van der Waals surface area contributed by atoms with E-state index in [-0.39, 0.29) is 0 Å². The zero-order valence-corrected chi connectivity index (χ0v) is 12.5. The van der Waals surface area contributed by atoms with Gasteiger partial charge in [-0.05, 0) is 37.3 Å². The van der Waals surface area contributed by atoms with E-state index < -0.39 is 0 Å². The SMILES string of the molecule is CC(Cn1cccn1)NCCOc1ccc(Br)cc1. The molecule has 1 N–H and O–H groups in total. The molecule has 1 aromatic carbocycles. The van der Waals surface area contributed by atoms with Gasteiger partial charge in [-0.1, -0.05) is 15.9 Å². The van der Waals surface area contributed by atoms with E-state index in [4.69, 9.17) is 4.74 Å². The van der Waals surface area contributed by atoms with Crippen molar-refractivity contribution in [3.8, 4) is 5.75 Å². The molecule has 1 atom stereocenters. The predicted molar refractivity (Wildman–Crippen MR) is 79.3 cm³/mol. The number of halogens is 1. The Morgan fingerprint density at radius 2 is 2.16 bits per heavy atom. The highest BCUT2D eigenvalue weighted by atomic mass is 79.9. The van der Waals surface area contributed by atoms with Gasteiger partial charge in [-0.3, -0.25) is 4.68 Å². The van der Waals surface area contributed by atoms with E-state index >= 15 is 0 Å². The minimum atomic E-state index is 0.369. The van der Waals surface area contributed by atoms with Crippen molar-refractivity contribution in [1.82, 2.24) is 15.1 Å². The predicted octanol–water partition coefficient (Wildman–Crippen LogP) is 2.70. The Morgan fingerprint density at radius 1 is 1.37 bits per heavy atom. The molecule has 0 bridgehead atoms. The average molecular weight is 324 g/mol. The van der Waals surface area contributed by atoms with Crippen LogP contribution in [-0.2, 0) is 6.54 Å². The van der Waals surface area contributed by atoms with Crippen molar-refractivity contribution in [3.05, 3.63) is 47.2 Å². The highest BCUT2D eigenvalue weighted by Crippen LogP contribution is 2.15. The van der Waals surface area contributed by atoms with Crippen LogP contribution in [0.4, 0.5) is 0 Å². The lowest BCUT2D eigenvalue weighted by Crippen LogP contribution is -2.33. The van der Waals surface area contributed by atoms with Gasteiger partial charge in [0.1, 0.15) is 12.4 Å². The molecule has 1 heterocycles. The van der Waals surface area contributed by atoms with Crippen LogP contribution in [0.15, 0.2) is 47.2 Å². The number of ether oxygens (including phenoxy) is 1. The minimum Gasteiger partial charge on any atom is -0.492 e. The molecule has 4 nitrogen and oxygen atoms in total. The lowest BCUT2D eigenvalue weighted by molar-refractivity contribution is 0.301. The number of hydrogen-bond acceptors (Lipinski definition) is 3. The smallest absolute Gasteiger partial charge is 0.119 e. The van der Waals surface area contributed by atoms with E-state index in [1.54, 1.807) is 6.20 Å². The molecule has 0 spiro atoms. The lowest BCUT2D eigenvalue weighted by atomic mass is 10.3. The molecule has 5 heteroatoms. The summed E-state index contributed by atoms with van der Waals surface area (Å²) in [6, 6.07) is 10.2. The Morgan fingerprint density at radius 3 is 2.84 bits per heavy atom. The number of rotatable bonds is 7. The van der Waals surface area contributed by atoms with E-state index in [1.165, 1.54) is 0 Å². The molecule has 102 valence electrons. The first-order chi connectivity index (χ1) is 9.24. The van der Waals surface area contributed by atoms with Gasteiger partial charge in [0.05, 0.1) is 6.54 Å². The van der Waals surface area contributed by atoms with E-state index in [2.05, 4.69) is 33.3 Å². The molecule has 0 aliphatic carbocycles. The fraction of sp³-hybridized carbons (Fsp3) is 0.357. The second kappa shape index (κ2) is 7.31. The summed E-state index contributed by atoms with van der Waals surface area (Å²) in [4.78, 5) is 0. The Bertz CT molecular complexity index is 470. The van der Waals surface area contributed by atoms with Crippen molar-refractivity contribution in [1.29, 1.82) is 0 Å². The lowest BCUT2D eigenvalue weighted by Gasteiger charge is -2.14. The van der Waals surface area contributed by atoms with E-state index in [9.17, 15) is 0 Å². The van der Waals surface area contributed by atoms with Gasteiger partial charge >= 0.3 is 0 Å². The molecule has 0 amide bonds. The normalized spacial score (nSPS) is 12.3. The van der Waals surface area contributed by atoms with Gasteiger partial charge in [0, 0.05) is 29.5 Å². The van der Waals surface area contributed by atoms with Crippen LogP contribution in [-0.4, -0.2) is 29.0 Å². The molecule has 19 heavy (non-hydrogen) atoms. The number of nitrogens with one attached hydrogen (secondary N) is 1. The number of benzene rings is 1. The highest BCUT2D eigenvalue weighted by Gasteiger charge is 2.02. The summed E-state index contributed by atoms with van der Waals surface area (Å²) in [5, 5.41) is 7.59. The van der Waals surface area contributed by atoms with Crippen LogP contribution in [0.1, 0.15) is 6.92 Å². The van der Waals surface area contributed by atoms with Crippen LogP contribution in [0.5, 0.6) is 5.75 Å². The average Bonchev–Trinajstić information content (AvgIpc) is 2.89. The maximum atomic E-state index is 5.64. The van der Waals surface area contributed by atoms with Crippen molar-refractivity contribution in [2.75, 3.05) is 13.2 Å². The van der Waals surface area contributed by atoms with Gasteiger partial charge in [-0.2, -0.15) is 5.10 Å². The van der Waals surface area contributed by atoms with E-state index in [0.717, 1.165) is 23.3 Å². The largest absolute Gasteiger partial charge is 0.492 e. The summed E-state index contributed by atoms with van der Waals surface area (Å²) in [6.07, 6.45) is 3.76. The minimum absolute atomic E-state index is 0.369. The molecule has 0 fully saturated rings. The van der Waals surface area contributed by atoms with Crippen LogP contribution in [0.25, 0.3) is 0 Å². The van der Waals surface area contributed by atoms with Crippen LogP contribution in [0, 0.1) is 0 Å². The Hall–Kier alpha value is -1.33. The van der Waals surface area contributed by atoms with Gasteiger partial charge in [0.25, 0.3) is 0 Å². The summed E-state index contributed by atoms with van der Waals surface area (Å²) in [5.41, 5.74) is 0. The third-order valence-corrected chi connectivity index (χ3v) is 3.23. The van der Waals surface area contributed by atoms with Crippen molar-refractivity contribution in [2.45, 2.75) is 19.5 Å². The maximum Gasteiger partial charge on any atom is 0.119 e. The highest BCUT2D eigenvalue weighted by molar-refractivity contribution is 9.10. The molecule has 0 saturated heterocycles. The Labute approximate surface area is 121 Å². The summed E-state index contributed by atoms with van der Waals surface area (Å²) < 4.78 is 8.63. The first-order valence-electron chi connectivity index (χ1n) is 6.33. The second-order valence-corrected chi connectivity index (χ2v) is 5.30. The molecule has 0 aliphatic rings. The van der Waals surface area contributed by atoms with Crippen LogP contribution in [0.3, 0.4) is 0 Å². The quantitative estimate of drug-likeness (QED) is 0.796. The maximum absolute atomic E-state index is 5.64. The molecule has 2 rings (SSSR count). The van der Waals surface area contributed by atoms with E-state index in [1.807, 2.05) is 41.2 Å². The molecule has 0 radical (unpaired) electrons. The standard InChI is InChI=1S/C14H18BrN3O/c1-12(11-18-9-2-7-17-18)16-8-10-19-14-5-3-13(15)4-6-14/h2-7,9,12,16H,8,10-11H2,1H3. The molecule has 1 aromatic heterocycles. The van der Waals surface area contributed by atoms with Crippen LogP contribution in [0.2, 0.25) is 0 Å². The van der Waals surface area contributed by atoms with Crippen molar-refractivity contribution in [2.24, 2.45) is 0 Å². The number of nitrogens with zero attached hydrogens (tertiary/aromatic N) is 2. The second-order valence-electron chi connectivity index (χ2n) is 4.39. The van der Waals surface area contributed by atoms with Crippen LogP contribution < -0.4 is 10.1 Å². The summed E-state index contributed by atoms with van der Waals surface area (Å²) in [7, 11) is 0. The number of aromatic nitrogens is 2. The molecular formula is C14H18BrN3O. The fourth-order valence-electron chi connectivity index (χ4n) is 1.76. The van der Waals surface area contributed by atoms with Crippen molar-refractivity contribution >= 4 is 15.9 Å². The zero-order valence-electron chi connectivity index (χ0n) is 10.9. The van der Waals surface area contributed by atoms with Gasteiger partial charge < -0.3 is 10.1 Å². The van der Waals surface area contributed by atoms with Gasteiger partial charge in [-0.25, -0.2) is 0 Å². The monoisotopic (exact) mass is 323 g/mol. The fourth-order valence-corrected chi connectivity index (χ4v) is 2.02. The summed E-state index contributed by atoms with van der Waals surface area (Å²) >= 11 is 3.40. The first kappa shape index (κ1) is 14.1. The Kier molecular flexibility index (Phi) is 5.42. The molecular weight excluding hydrogens is 306 g/mol. The molecule has 0 saturated carbocycles. The van der Waals surface area contributed by atoms with Crippen molar-refractivity contribution < 1.29 is 4.74 Å².